The quantitative estimate of drug-likeness (QED) is 0.282. The fourth-order valence-electron chi connectivity index (χ4n) is 5.68. The van der Waals surface area contributed by atoms with E-state index in [1.807, 2.05) is 38.4 Å². The van der Waals surface area contributed by atoms with Crippen molar-refractivity contribution >= 4 is 11.6 Å². The van der Waals surface area contributed by atoms with Gasteiger partial charge in [-0.3, -0.25) is 9.59 Å². The number of phenols is 1. The third-order valence-electron chi connectivity index (χ3n) is 7.64. The number of likely N-dealkylation sites (tertiary alicyclic amines) is 1. The topological polar surface area (TPSA) is 60.9 Å². The number of ketones is 2. The zero-order valence-corrected chi connectivity index (χ0v) is 22.4. The second-order valence-corrected chi connectivity index (χ2v) is 10.6. The highest BCUT2D eigenvalue weighted by Crippen LogP contribution is 2.42. The number of piperidine rings is 1. The van der Waals surface area contributed by atoms with Crippen molar-refractivity contribution in [1.29, 1.82) is 0 Å². The standard InChI is InChI=1S/C32H37FN2O3/c1-22-26(15-10-16-29(22)33)30-27(31(37)23-11-5-4-6-12-23)20-35(18-8-7-17-34(2)3)21-28(30)32(38)24-13-9-14-25(36)19-24/h4-6,9-16,19,27-28,30,36H,7-8,17-18,20-21H2,1-3H3. The van der Waals surface area contributed by atoms with Gasteiger partial charge < -0.3 is 14.9 Å². The highest BCUT2D eigenvalue weighted by molar-refractivity contribution is 6.02. The molecule has 0 aromatic heterocycles. The first kappa shape index (κ1) is 27.7. The first-order chi connectivity index (χ1) is 18.3. The molecule has 4 rings (SSSR count). The Kier molecular flexibility index (Phi) is 9.08. The van der Waals surface area contributed by atoms with Crippen molar-refractivity contribution in [2.45, 2.75) is 25.7 Å². The Bertz CT molecular complexity index is 1260. The Hall–Kier alpha value is -3.35. The number of Topliss-reactive ketones (excluding diaryl/α,β-unsaturated/α-hetero) is 2. The van der Waals surface area contributed by atoms with Crippen molar-refractivity contribution in [3.05, 3.63) is 101 Å². The molecule has 1 saturated heterocycles. The fourth-order valence-corrected chi connectivity index (χ4v) is 5.68. The van der Waals surface area contributed by atoms with Crippen molar-refractivity contribution in [3.8, 4) is 5.75 Å². The zero-order valence-electron chi connectivity index (χ0n) is 22.4. The molecule has 200 valence electrons. The molecule has 1 N–H and O–H groups in total. The van der Waals surface area contributed by atoms with Crippen LogP contribution >= 0.6 is 0 Å². The Morgan fingerprint density at radius 2 is 1.53 bits per heavy atom. The molecular weight excluding hydrogens is 479 g/mol. The zero-order chi connectivity index (χ0) is 27.2. The summed E-state index contributed by atoms with van der Waals surface area (Å²) < 4.78 is 14.8. The van der Waals surface area contributed by atoms with Gasteiger partial charge in [-0.25, -0.2) is 4.39 Å². The van der Waals surface area contributed by atoms with Crippen LogP contribution in [0.4, 0.5) is 4.39 Å². The average Bonchev–Trinajstić information content (AvgIpc) is 2.92. The molecule has 38 heavy (non-hydrogen) atoms. The molecule has 0 bridgehead atoms. The van der Waals surface area contributed by atoms with Gasteiger partial charge in [0.2, 0.25) is 0 Å². The monoisotopic (exact) mass is 516 g/mol. The highest BCUT2D eigenvalue weighted by Gasteiger charge is 2.45. The number of carbonyl (C=O) groups is 2. The van der Waals surface area contributed by atoms with Crippen LogP contribution in [0.3, 0.4) is 0 Å². The van der Waals surface area contributed by atoms with Crippen molar-refractivity contribution in [1.82, 2.24) is 9.80 Å². The van der Waals surface area contributed by atoms with Gasteiger partial charge in [-0.2, -0.15) is 0 Å². The van der Waals surface area contributed by atoms with E-state index in [1.165, 1.54) is 18.2 Å². The lowest BCUT2D eigenvalue weighted by molar-refractivity contribution is 0.0567. The molecule has 5 nitrogen and oxygen atoms in total. The highest BCUT2D eigenvalue weighted by atomic mass is 19.1. The van der Waals surface area contributed by atoms with Crippen LogP contribution in [0.2, 0.25) is 0 Å². The molecule has 3 aromatic rings. The van der Waals surface area contributed by atoms with Crippen LogP contribution in [0, 0.1) is 24.6 Å². The van der Waals surface area contributed by atoms with Crippen molar-refractivity contribution in [2.75, 3.05) is 40.3 Å². The lowest BCUT2D eigenvalue weighted by Gasteiger charge is -2.43. The molecule has 1 aliphatic heterocycles. The molecule has 0 amide bonds. The van der Waals surface area contributed by atoms with E-state index < -0.39 is 17.8 Å². The fraction of sp³-hybridized carbons (Fsp3) is 0.375. The molecule has 1 aliphatic rings. The summed E-state index contributed by atoms with van der Waals surface area (Å²) in [5.41, 5.74) is 2.16. The van der Waals surface area contributed by atoms with Gasteiger partial charge in [-0.15, -0.1) is 0 Å². The van der Waals surface area contributed by atoms with Gasteiger partial charge in [-0.1, -0.05) is 54.6 Å². The molecule has 6 heteroatoms. The number of unbranched alkanes of at least 4 members (excludes halogenated alkanes) is 1. The number of hydrogen-bond donors (Lipinski definition) is 1. The molecular formula is C32H37FN2O3. The maximum absolute atomic E-state index is 14.8. The predicted octanol–water partition coefficient (Wildman–Crippen LogP) is 5.58. The van der Waals surface area contributed by atoms with Crippen molar-refractivity contribution < 1.29 is 19.1 Å². The Morgan fingerprint density at radius 3 is 2.18 bits per heavy atom. The van der Waals surface area contributed by atoms with E-state index in [0.717, 1.165) is 25.9 Å². The van der Waals surface area contributed by atoms with Gasteiger partial charge in [0.05, 0.1) is 0 Å². The molecule has 3 unspecified atom stereocenters. The number of hydrogen-bond acceptors (Lipinski definition) is 5. The number of carbonyl (C=O) groups excluding carboxylic acids is 2. The summed E-state index contributed by atoms with van der Waals surface area (Å²) in [7, 11) is 4.09. The van der Waals surface area contributed by atoms with E-state index in [2.05, 4.69) is 9.80 Å². The average molecular weight is 517 g/mol. The minimum atomic E-state index is -0.572. The van der Waals surface area contributed by atoms with E-state index in [1.54, 1.807) is 37.3 Å². The lowest BCUT2D eigenvalue weighted by Crippen LogP contribution is -2.50. The number of phenolic OH excluding ortho intramolecular Hbond substituents is 1. The smallest absolute Gasteiger partial charge is 0.167 e. The minimum absolute atomic E-state index is 0.0163. The van der Waals surface area contributed by atoms with Gasteiger partial charge in [-0.05, 0) is 76.3 Å². The van der Waals surface area contributed by atoms with Crippen LogP contribution in [0.1, 0.15) is 50.6 Å². The molecule has 3 atom stereocenters. The van der Waals surface area contributed by atoms with Crippen LogP contribution < -0.4 is 0 Å². The molecule has 0 radical (unpaired) electrons. The number of nitrogens with zero attached hydrogens (tertiary/aromatic N) is 2. The van der Waals surface area contributed by atoms with E-state index in [0.29, 0.717) is 35.3 Å². The maximum Gasteiger partial charge on any atom is 0.167 e. The Labute approximate surface area is 224 Å². The second kappa shape index (κ2) is 12.5. The van der Waals surface area contributed by atoms with Crippen LogP contribution in [-0.2, 0) is 0 Å². The molecule has 0 aliphatic carbocycles. The van der Waals surface area contributed by atoms with Crippen LogP contribution in [0.15, 0.2) is 72.8 Å². The third kappa shape index (κ3) is 6.37. The van der Waals surface area contributed by atoms with Crippen LogP contribution in [-0.4, -0.2) is 66.7 Å². The van der Waals surface area contributed by atoms with E-state index in [4.69, 9.17) is 0 Å². The summed E-state index contributed by atoms with van der Waals surface area (Å²) >= 11 is 0. The normalized spacial score (nSPS) is 20.0. The predicted molar refractivity (Wildman–Crippen MR) is 148 cm³/mol. The van der Waals surface area contributed by atoms with Gasteiger partial charge >= 0.3 is 0 Å². The largest absolute Gasteiger partial charge is 0.508 e. The third-order valence-corrected chi connectivity index (χ3v) is 7.64. The first-order valence-electron chi connectivity index (χ1n) is 13.3. The van der Waals surface area contributed by atoms with Gasteiger partial charge in [0.1, 0.15) is 11.6 Å². The molecule has 1 heterocycles. The van der Waals surface area contributed by atoms with E-state index in [9.17, 15) is 19.1 Å². The lowest BCUT2D eigenvalue weighted by atomic mass is 9.67. The number of halogens is 1. The molecule has 3 aromatic carbocycles. The first-order valence-corrected chi connectivity index (χ1v) is 13.3. The maximum atomic E-state index is 14.8. The van der Waals surface area contributed by atoms with Crippen LogP contribution in [0.25, 0.3) is 0 Å². The van der Waals surface area contributed by atoms with E-state index in [-0.39, 0.29) is 23.1 Å². The number of benzene rings is 3. The number of aromatic hydroxyl groups is 1. The molecule has 0 spiro atoms. The summed E-state index contributed by atoms with van der Waals surface area (Å²) in [4.78, 5) is 32.4. The Morgan fingerprint density at radius 1 is 0.895 bits per heavy atom. The summed E-state index contributed by atoms with van der Waals surface area (Å²) in [5, 5.41) is 10.1. The van der Waals surface area contributed by atoms with E-state index >= 15 is 0 Å². The van der Waals surface area contributed by atoms with Crippen LogP contribution in [0.5, 0.6) is 5.75 Å². The summed E-state index contributed by atoms with van der Waals surface area (Å²) in [6.45, 7) is 4.43. The molecule has 1 fully saturated rings. The summed E-state index contributed by atoms with van der Waals surface area (Å²) in [5.74, 6) is -2.09. The van der Waals surface area contributed by atoms with Crippen molar-refractivity contribution in [3.63, 3.8) is 0 Å². The Balaban J connectivity index is 1.77. The van der Waals surface area contributed by atoms with Gasteiger partial charge in [0.15, 0.2) is 11.6 Å². The second-order valence-electron chi connectivity index (χ2n) is 10.6. The molecule has 0 saturated carbocycles. The van der Waals surface area contributed by atoms with Gasteiger partial charge in [0, 0.05) is 42.0 Å². The SMILES string of the molecule is Cc1c(F)cccc1C1C(C(=O)c2ccccc2)CN(CCCCN(C)C)CC1C(=O)c1cccc(O)c1. The summed E-state index contributed by atoms with van der Waals surface area (Å²) in [6, 6.07) is 20.4. The summed E-state index contributed by atoms with van der Waals surface area (Å²) in [6.07, 6.45) is 1.96. The van der Waals surface area contributed by atoms with Gasteiger partial charge in [0.25, 0.3) is 0 Å². The van der Waals surface area contributed by atoms with Crippen molar-refractivity contribution in [2.24, 2.45) is 11.8 Å². The number of rotatable bonds is 10. The minimum Gasteiger partial charge on any atom is -0.508 e.